The van der Waals surface area contributed by atoms with E-state index in [0.29, 0.717) is 23.3 Å². The molecule has 0 amide bonds. The summed E-state index contributed by atoms with van der Waals surface area (Å²) in [5.41, 5.74) is 1.53. The summed E-state index contributed by atoms with van der Waals surface area (Å²) in [6.07, 6.45) is 0. The van der Waals surface area contributed by atoms with E-state index in [2.05, 4.69) is 4.98 Å². The average molecular weight is 325 g/mol. The number of esters is 1. The second kappa shape index (κ2) is 6.45. The van der Waals surface area contributed by atoms with Gasteiger partial charge in [0.2, 0.25) is 0 Å². The summed E-state index contributed by atoms with van der Waals surface area (Å²) in [4.78, 5) is 25.1. The Morgan fingerprint density at radius 1 is 1.12 bits per heavy atom. The third-order valence-corrected chi connectivity index (χ3v) is 3.40. The van der Waals surface area contributed by atoms with Crippen LogP contribution < -0.4 is 9.47 Å². The molecule has 0 aliphatic heterocycles. The summed E-state index contributed by atoms with van der Waals surface area (Å²) in [6.45, 7) is 1.61. The van der Waals surface area contributed by atoms with Crippen molar-refractivity contribution < 1.29 is 24.2 Å². The molecule has 0 fully saturated rings. The van der Waals surface area contributed by atoms with Crippen molar-refractivity contribution >= 4 is 22.8 Å². The van der Waals surface area contributed by atoms with Crippen molar-refractivity contribution in [3.8, 4) is 11.5 Å². The van der Waals surface area contributed by atoms with E-state index < -0.39 is 11.9 Å². The lowest BCUT2D eigenvalue weighted by molar-refractivity contribution is -0.131. The summed E-state index contributed by atoms with van der Waals surface area (Å²) in [6, 6.07) is 14.2. The van der Waals surface area contributed by atoms with Crippen LogP contribution in [0.2, 0.25) is 0 Å². The van der Waals surface area contributed by atoms with Crippen LogP contribution in [0.1, 0.15) is 23.0 Å². The molecule has 0 saturated carbocycles. The van der Waals surface area contributed by atoms with Gasteiger partial charge in [-0.1, -0.05) is 30.3 Å². The molecule has 0 radical (unpaired) electrons. The fraction of sp³-hybridized carbons (Fsp3) is 0.111. The zero-order valence-electron chi connectivity index (χ0n) is 12.9. The molecule has 3 rings (SSSR count). The second-order valence-electron chi connectivity index (χ2n) is 5.24. The van der Waals surface area contributed by atoms with Gasteiger partial charge < -0.3 is 19.6 Å². The van der Waals surface area contributed by atoms with Crippen LogP contribution in [-0.4, -0.2) is 22.0 Å². The highest BCUT2D eigenvalue weighted by atomic mass is 16.5. The molecule has 2 N–H and O–H groups in total. The summed E-state index contributed by atoms with van der Waals surface area (Å²) >= 11 is 0. The van der Waals surface area contributed by atoms with Gasteiger partial charge in [-0.3, -0.25) is 4.79 Å². The predicted octanol–water partition coefficient (Wildman–Crippen LogP) is 3.37. The molecule has 24 heavy (non-hydrogen) atoms. The van der Waals surface area contributed by atoms with Crippen LogP contribution in [0.25, 0.3) is 10.9 Å². The minimum absolute atomic E-state index is 0.0366. The van der Waals surface area contributed by atoms with E-state index in [-0.39, 0.29) is 11.4 Å². The first kappa shape index (κ1) is 15.6. The quantitative estimate of drug-likeness (QED) is 0.554. The summed E-state index contributed by atoms with van der Waals surface area (Å²) in [7, 11) is 0. The number of H-pyrrole nitrogens is 1. The third kappa shape index (κ3) is 3.38. The summed E-state index contributed by atoms with van der Waals surface area (Å²) in [5.74, 6) is -0.809. The van der Waals surface area contributed by atoms with Crippen LogP contribution in [0.4, 0.5) is 0 Å². The van der Waals surface area contributed by atoms with Crippen LogP contribution in [0.15, 0.2) is 48.5 Å². The zero-order valence-corrected chi connectivity index (χ0v) is 12.9. The van der Waals surface area contributed by atoms with Gasteiger partial charge in [0.05, 0.1) is 5.52 Å². The maximum Gasteiger partial charge on any atom is 0.352 e. The molecule has 0 unspecified atom stereocenters. The maximum absolute atomic E-state index is 11.2. The molecule has 2 aromatic carbocycles. The van der Waals surface area contributed by atoms with E-state index >= 15 is 0 Å². The van der Waals surface area contributed by atoms with Gasteiger partial charge >= 0.3 is 11.9 Å². The minimum atomic E-state index is -1.07. The molecule has 0 spiro atoms. The van der Waals surface area contributed by atoms with Crippen molar-refractivity contribution in [1.82, 2.24) is 4.98 Å². The normalized spacial score (nSPS) is 10.5. The fourth-order valence-electron chi connectivity index (χ4n) is 2.37. The number of aromatic carboxylic acids is 1. The number of hydrogen-bond donors (Lipinski definition) is 2. The van der Waals surface area contributed by atoms with Gasteiger partial charge in [-0.25, -0.2) is 4.79 Å². The molecule has 0 atom stereocenters. The number of hydrogen-bond acceptors (Lipinski definition) is 4. The number of benzene rings is 2. The van der Waals surface area contributed by atoms with E-state index in [9.17, 15) is 9.59 Å². The number of rotatable bonds is 5. The van der Waals surface area contributed by atoms with Crippen molar-refractivity contribution in [3.63, 3.8) is 0 Å². The van der Waals surface area contributed by atoms with Crippen molar-refractivity contribution in [1.29, 1.82) is 0 Å². The van der Waals surface area contributed by atoms with Crippen LogP contribution >= 0.6 is 0 Å². The highest BCUT2D eigenvalue weighted by Crippen LogP contribution is 2.32. The molecule has 0 aliphatic carbocycles. The number of carbonyl (C=O) groups excluding carboxylic acids is 1. The highest BCUT2D eigenvalue weighted by Gasteiger charge is 2.14. The standard InChI is InChI=1S/C18H15NO5/c1-11(20)24-13-7-15-14(9-16(19-15)18(21)22)17(8-13)23-10-12-5-3-2-4-6-12/h2-9,19H,10H2,1H3,(H,21,22). The molecule has 0 aliphatic rings. The van der Waals surface area contributed by atoms with Crippen molar-refractivity contribution in [2.75, 3.05) is 0 Å². The zero-order chi connectivity index (χ0) is 17.1. The second-order valence-corrected chi connectivity index (χ2v) is 5.24. The molecule has 122 valence electrons. The minimum Gasteiger partial charge on any atom is -0.488 e. The lowest BCUT2D eigenvalue weighted by atomic mass is 10.2. The number of aromatic amines is 1. The molecule has 1 heterocycles. The number of carboxylic acids is 1. The molecule has 6 heteroatoms. The van der Waals surface area contributed by atoms with Gasteiger partial charge in [-0.15, -0.1) is 0 Å². The molecule has 6 nitrogen and oxygen atoms in total. The summed E-state index contributed by atoms with van der Waals surface area (Å²) in [5, 5.41) is 9.75. The smallest absolute Gasteiger partial charge is 0.352 e. The predicted molar refractivity (Wildman–Crippen MR) is 87.3 cm³/mol. The number of nitrogens with one attached hydrogen (secondary N) is 1. The Morgan fingerprint density at radius 3 is 2.54 bits per heavy atom. The lowest BCUT2D eigenvalue weighted by Crippen LogP contribution is -2.02. The first-order chi connectivity index (χ1) is 11.5. The van der Waals surface area contributed by atoms with Crippen molar-refractivity contribution in [2.45, 2.75) is 13.5 Å². The first-order valence-electron chi connectivity index (χ1n) is 7.28. The van der Waals surface area contributed by atoms with Gasteiger partial charge in [-0.05, 0) is 11.6 Å². The Hall–Kier alpha value is -3.28. The van der Waals surface area contributed by atoms with Crippen molar-refractivity contribution in [3.05, 3.63) is 59.8 Å². The van der Waals surface area contributed by atoms with Gasteiger partial charge in [0, 0.05) is 24.4 Å². The largest absolute Gasteiger partial charge is 0.488 e. The number of aromatic nitrogens is 1. The maximum atomic E-state index is 11.2. The molecular formula is C18H15NO5. The average Bonchev–Trinajstić information content (AvgIpc) is 2.97. The highest BCUT2D eigenvalue weighted by molar-refractivity contribution is 5.97. The van der Waals surface area contributed by atoms with Gasteiger partial charge in [0.25, 0.3) is 0 Å². The topological polar surface area (TPSA) is 88.6 Å². The van der Waals surface area contributed by atoms with E-state index in [1.54, 1.807) is 12.1 Å². The van der Waals surface area contributed by atoms with Crippen LogP contribution in [0.5, 0.6) is 11.5 Å². The number of carbonyl (C=O) groups is 2. The van der Waals surface area contributed by atoms with E-state index in [1.807, 2.05) is 30.3 Å². The fourth-order valence-corrected chi connectivity index (χ4v) is 2.37. The van der Waals surface area contributed by atoms with Crippen LogP contribution in [0, 0.1) is 0 Å². The Balaban J connectivity index is 1.98. The molecule has 0 bridgehead atoms. The van der Waals surface area contributed by atoms with E-state index in [1.165, 1.54) is 13.0 Å². The molecule has 1 aromatic heterocycles. The molecular weight excluding hydrogens is 310 g/mol. The Labute approximate surface area is 137 Å². The Kier molecular flexibility index (Phi) is 4.20. The SMILES string of the molecule is CC(=O)Oc1cc(OCc2ccccc2)c2cc(C(=O)O)[nH]c2c1. The lowest BCUT2D eigenvalue weighted by Gasteiger charge is -2.10. The number of fused-ring (bicyclic) bond motifs is 1. The van der Waals surface area contributed by atoms with E-state index in [4.69, 9.17) is 14.6 Å². The van der Waals surface area contributed by atoms with Crippen molar-refractivity contribution in [2.24, 2.45) is 0 Å². The Bertz CT molecular complexity index is 898. The molecule has 0 saturated heterocycles. The monoisotopic (exact) mass is 325 g/mol. The summed E-state index contributed by atoms with van der Waals surface area (Å²) < 4.78 is 10.9. The van der Waals surface area contributed by atoms with Crippen LogP contribution in [-0.2, 0) is 11.4 Å². The Morgan fingerprint density at radius 2 is 1.88 bits per heavy atom. The first-order valence-corrected chi connectivity index (χ1v) is 7.28. The van der Waals surface area contributed by atoms with Gasteiger partial charge in [0.15, 0.2) is 0 Å². The van der Waals surface area contributed by atoms with E-state index in [0.717, 1.165) is 5.56 Å². The van der Waals surface area contributed by atoms with Gasteiger partial charge in [0.1, 0.15) is 23.8 Å². The van der Waals surface area contributed by atoms with Crippen LogP contribution in [0.3, 0.4) is 0 Å². The number of ether oxygens (including phenoxy) is 2. The number of carboxylic acid groups (broad SMARTS) is 1. The van der Waals surface area contributed by atoms with Gasteiger partial charge in [-0.2, -0.15) is 0 Å². The third-order valence-electron chi connectivity index (χ3n) is 3.40. The molecule has 3 aromatic rings.